The Morgan fingerprint density at radius 1 is 0.642 bits per heavy atom. The number of hydrogen-bond donors (Lipinski definition) is 10. The molecule has 276 valence electrons. The van der Waals surface area contributed by atoms with E-state index in [4.69, 9.17) is 14.2 Å². The fraction of sp³-hybridized carbons (Fsp3) is 0.167. The number of carboxylic acid groups (broad SMARTS) is 2. The molecule has 0 unspecified atom stereocenters. The first-order chi connectivity index (χ1) is 25.0. The third kappa shape index (κ3) is 8.04. The van der Waals surface area contributed by atoms with E-state index in [0.29, 0.717) is 0 Å². The normalized spacial score (nSPS) is 15.9. The molecule has 0 bridgehead atoms. The molecular formula is C36H30O17. The lowest BCUT2D eigenvalue weighted by Gasteiger charge is -2.22. The number of phenols is 8. The van der Waals surface area contributed by atoms with E-state index in [-0.39, 0.29) is 27.8 Å². The molecule has 0 aliphatic carbocycles. The maximum atomic E-state index is 14.0. The highest BCUT2D eigenvalue weighted by Crippen LogP contribution is 2.55. The van der Waals surface area contributed by atoms with Crippen molar-refractivity contribution in [2.75, 3.05) is 0 Å². The summed E-state index contributed by atoms with van der Waals surface area (Å²) in [5.74, 6) is -12.8. The lowest BCUT2D eigenvalue weighted by atomic mass is 9.87. The molecule has 4 atom stereocenters. The van der Waals surface area contributed by atoms with Crippen LogP contribution >= 0.6 is 0 Å². The molecule has 1 aliphatic rings. The lowest BCUT2D eigenvalue weighted by molar-refractivity contribution is -0.166. The third-order valence-corrected chi connectivity index (χ3v) is 8.13. The topological polar surface area (TPSA) is 298 Å². The van der Waals surface area contributed by atoms with E-state index in [9.17, 15) is 70.2 Å². The second-order valence-electron chi connectivity index (χ2n) is 11.8. The zero-order chi connectivity index (χ0) is 38.7. The van der Waals surface area contributed by atoms with E-state index in [1.807, 2.05) is 0 Å². The van der Waals surface area contributed by atoms with Gasteiger partial charge < -0.3 is 65.3 Å². The van der Waals surface area contributed by atoms with Crippen LogP contribution in [0.1, 0.15) is 39.8 Å². The van der Waals surface area contributed by atoms with Gasteiger partial charge in [-0.3, -0.25) is 4.79 Å². The minimum absolute atomic E-state index is 0.00609. The monoisotopic (exact) mass is 734 g/mol. The van der Waals surface area contributed by atoms with Gasteiger partial charge in [0.25, 0.3) is 0 Å². The number of hydrogen-bond acceptors (Lipinski definition) is 15. The molecule has 4 aromatic rings. The largest absolute Gasteiger partial charge is 0.504 e. The van der Waals surface area contributed by atoms with Gasteiger partial charge in [0.1, 0.15) is 12.0 Å². The summed E-state index contributed by atoms with van der Waals surface area (Å²) >= 11 is 0. The second kappa shape index (κ2) is 14.9. The summed E-state index contributed by atoms with van der Waals surface area (Å²) in [5.41, 5.74) is -0.0859. The number of aliphatic carboxylic acids is 2. The van der Waals surface area contributed by atoms with Crippen LogP contribution in [-0.4, -0.2) is 87.2 Å². The molecule has 0 saturated heterocycles. The van der Waals surface area contributed by atoms with Crippen LogP contribution in [0.25, 0.3) is 6.08 Å². The van der Waals surface area contributed by atoms with Crippen molar-refractivity contribution in [2.24, 2.45) is 0 Å². The van der Waals surface area contributed by atoms with E-state index in [2.05, 4.69) is 0 Å². The molecule has 10 N–H and O–H groups in total. The van der Waals surface area contributed by atoms with Crippen LogP contribution in [0.15, 0.2) is 66.7 Å². The van der Waals surface area contributed by atoms with Gasteiger partial charge in [-0.25, -0.2) is 14.4 Å². The molecule has 1 heterocycles. The van der Waals surface area contributed by atoms with Crippen molar-refractivity contribution in [3.05, 3.63) is 94.6 Å². The van der Waals surface area contributed by atoms with Crippen molar-refractivity contribution in [2.45, 2.75) is 37.1 Å². The van der Waals surface area contributed by atoms with Crippen molar-refractivity contribution in [1.82, 2.24) is 0 Å². The van der Waals surface area contributed by atoms with Crippen LogP contribution in [0.2, 0.25) is 0 Å². The van der Waals surface area contributed by atoms with Gasteiger partial charge >= 0.3 is 23.9 Å². The average Bonchev–Trinajstić information content (AvgIpc) is 3.51. The first-order valence-corrected chi connectivity index (χ1v) is 15.4. The molecule has 17 heteroatoms. The molecule has 0 spiro atoms. The van der Waals surface area contributed by atoms with Crippen LogP contribution < -0.4 is 4.74 Å². The van der Waals surface area contributed by atoms with Crippen LogP contribution in [0.3, 0.4) is 0 Å². The molecule has 5 rings (SSSR count). The highest BCUT2D eigenvalue weighted by molar-refractivity contribution is 5.92. The van der Waals surface area contributed by atoms with Crippen molar-refractivity contribution >= 4 is 30.0 Å². The van der Waals surface area contributed by atoms with Crippen LogP contribution in [-0.2, 0) is 41.5 Å². The number of carbonyl (C=O) groups is 4. The van der Waals surface area contributed by atoms with Gasteiger partial charge in [0.05, 0.1) is 0 Å². The Labute approximate surface area is 297 Å². The second-order valence-corrected chi connectivity index (χ2v) is 11.8. The Morgan fingerprint density at radius 2 is 1.15 bits per heavy atom. The molecule has 17 nitrogen and oxygen atoms in total. The number of carbonyl (C=O) groups excluding carboxylic acids is 2. The Balaban J connectivity index is 1.50. The summed E-state index contributed by atoms with van der Waals surface area (Å²) in [6.45, 7) is 0. The summed E-state index contributed by atoms with van der Waals surface area (Å²) < 4.78 is 16.3. The van der Waals surface area contributed by atoms with Crippen LogP contribution in [0.5, 0.6) is 51.7 Å². The number of esters is 2. The first-order valence-electron chi connectivity index (χ1n) is 15.4. The number of aromatic hydroxyl groups is 8. The Bertz CT molecular complexity index is 2140. The number of benzene rings is 4. The lowest BCUT2D eigenvalue weighted by Crippen LogP contribution is -2.33. The summed E-state index contributed by atoms with van der Waals surface area (Å²) in [4.78, 5) is 50.9. The summed E-state index contributed by atoms with van der Waals surface area (Å²) in [6, 6.07) is 11.1. The van der Waals surface area contributed by atoms with E-state index in [1.165, 1.54) is 18.2 Å². The van der Waals surface area contributed by atoms with Crippen molar-refractivity contribution < 1.29 is 84.5 Å². The van der Waals surface area contributed by atoms with Gasteiger partial charge in [-0.15, -0.1) is 0 Å². The average molecular weight is 735 g/mol. The van der Waals surface area contributed by atoms with Crippen molar-refractivity contribution in [3.8, 4) is 51.7 Å². The number of carboxylic acids is 2. The van der Waals surface area contributed by atoms with Crippen molar-refractivity contribution in [1.29, 1.82) is 0 Å². The Kier molecular flexibility index (Phi) is 10.4. The molecule has 0 radical (unpaired) electrons. The first kappa shape index (κ1) is 37.0. The minimum Gasteiger partial charge on any atom is -0.504 e. The van der Waals surface area contributed by atoms with Gasteiger partial charge in [-0.1, -0.05) is 18.2 Å². The summed E-state index contributed by atoms with van der Waals surface area (Å²) in [6.07, 6.45) is -4.39. The molecule has 4 aromatic carbocycles. The fourth-order valence-corrected chi connectivity index (χ4v) is 5.54. The molecule has 0 aromatic heterocycles. The van der Waals surface area contributed by atoms with Gasteiger partial charge in [0.2, 0.25) is 18.0 Å². The van der Waals surface area contributed by atoms with Gasteiger partial charge in [0, 0.05) is 24.5 Å². The van der Waals surface area contributed by atoms with Crippen LogP contribution in [0, 0.1) is 0 Å². The fourth-order valence-electron chi connectivity index (χ4n) is 5.54. The Hall–Kier alpha value is -7.30. The third-order valence-electron chi connectivity index (χ3n) is 8.13. The zero-order valence-electron chi connectivity index (χ0n) is 27.0. The highest BCUT2D eigenvalue weighted by Gasteiger charge is 2.46. The van der Waals surface area contributed by atoms with Crippen molar-refractivity contribution in [3.63, 3.8) is 0 Å². The number of ether oxygens (including phenoxy) is 3. The van der Waals surface area contributed by atoms with Gasteiger partial charge in [-0.05, 0) is 70.8 Å². The maximum Gasteiger partial charge on any atom is 0.345 e. The van der Waals surface area contributed by atoms with E-state index >= 15 is 0 Å². The standard InChI is InChI=1S/C36H30O17/c37-19-5-1-15(9-22(19)40)11-26(34(46)47)51-28(44)8-4-17-13-25(43)31(45)33-29(17)30(32(53-33)18-3-7-21(39)24(42)14-18)36(50)52-27(35(48)49)12-16-2-6-20(38)23(41)10-16/h1-10,13-14,26-27,30,32,37-43,45H,11-12H2,(H,46,47)(H,48,49)/b8-4+/t26-,27-,30+,32-/m1/s1. The highest BCUT2D eigenvalue weighted by atomic mass is 16.6. The SMILES string of the molecule is O=C(/C=C/c1cc(O)c(O)c2c1[C@H](C(=O)O[C@H](Cc1ccc(O)c(O)c1)C(=O)O)[C@@H](c1ccc(O)c(O)c1)O2)O[C@H](Cc1ccc(O)c(O)c1)C(=O)O. The van der Waals surface area contributed by atoms with E-state index in [0.717, 1.165) is 54.6 Å². The number of fused-ring (bicyclic) bond motifs is 1. The molecule has 0 saturated carbocycles. The minimum atomic E-state index is -1.90. The molecule has 0 fully saturated rings. The van der Waals surface area contributed by atoms with E-state index in [1.54, 1.807) is 0 Å². The predicted octanol–water partition coefficient (Wildman–Crippen LogP) is 3.04. The quantitative estimate of drug-likeness (QED) is 0.0568. The summed E-state index contributed by atoms with van der Waals surface area (Å²) in [5, 5.41) is 99.7. The van der Waals surface area contributed by atoms with Gasteiger partial charge in [0.15, 0.2) is 46.0 Å². The number of rotatable bonds is 12. The maximum absolute atomic E-state index is 14.0. The predicted molar refractivity (Wildman–Crippen MR) is 177 cm³/mol. The van der Waals surface area contributed by atoms with Crippen LogP contribution in [0.4, 0.5) is 0 Å². The smallest absolute Gasteiger partial charge is 0.345 e. The summed E-state index contributed by atoms with van der Waals surface area (Å²) in [7, 11) is 0. The zero-order valence-corrected chi connectivity index (χ0v) is 27.0. The van der Waals surface area contributed by atoms with E-state index < -0.39 is 113 Å². The Morgan fingerprint density at radius 3 is 1.66 bits per heavy atom. The molecular weight excluding hydrogens is 704 g/mol. The number of phenolic OH excluding ortho intramolecular Hbond substituents is 8. The molecule has 0 amide bonds. The molecule has 1 aliphatic heterocycles. The van der Waals surface area contributed by atoms with Gasteiger partial charge in [-0.2, -0.15) is 0 Å². The molecule has 53 heavy (non-hydrogen) atoms.